The van der Waals surface area contributed by atoms with Crippen LogP contribution < -0.4 is 0 Å². The number of hydrogen-bond donors (Lipinski definition) is 0. The zero-order valence-corrected chi connectivity index (χ0v) is 11.6. The van der Waals surface area contributed by atoms with Gasteiger partial charge in [0.2, 0.25) is 0 Å². The van der Waals surface area contributed by atoms with Gasteiger partial charge in [0.1, 0.15) is 0 Å². The zero-order valence-electron chi connectivity index (χ0n) is 10.9. The molecule has 1 aromatic heterocycles. The summed E-state index contributed by atoms with van der Waals surface area (Å²) in [5.74, 6) is 0.126. The summed E-state index contributed by atoms with van der Waals surface area (Å²) in [6.07, 6.45) is 6.15. The molecule has 1 heterocycles. The minimum absolute atomic E-state index is 0.0673. The first-order valence-electron chi connectivity index (χ1n) is 6.59. The highest BCUT2D eigenvalue weighted by molar-refractivity contribution is 6.17. The molecule has 0 aliphatic heterocycles. The van der Waals surface area contributed by atoms with Gasteiger partial charge in [0.25, 0.3) is 5.69 Å². The number of nitro groups is 1. The molecule has 20 heavy (non-hydrogen) atoms. The second kappa shape index (κ2) is 5.25. The summed E-state index contributed by atoms with van der Waals surface area (Å²) in [4.78, 5) is 15.0. The van der Waals surface area contributed by atoms with Gasteiger partial charge in [0.05, 0.1) is 22.8 Å². The van der Waals surface area contributed by atoms with E-state index in [-0.39, 0.29) is 11.6 Å². The van der Waals surface area contributed by atoms with Crippen LogP contribution in [0.2, 0.25) is 0 Å². The molecule has 0 amide bonds. The van der Waals surface area contributed by atoms with E-state index in [1.54, 1.807) is 18.5 Å². The van der Waals surface area contributed by atoms with E-state index in [9.17, 15) is 10.1 Å². The number of halogens is 1. The molecule has 0 N–H and O–H groups in total. The second-order valence-corrected chi connectivity index (χ2v) is 5.19. The smallest absolute Gasteiger partial charge is 0.273 e. The molecule has 1 aromatic carbocycles. The Bertz CT molecular complexity index is 666. The first kappa shape index (κ1) is 13.1. The van der Waals surface area contributed by atoms with Gasteiger partial charge in [-0.25, -0.2) is 4.98 Å². The molecule has 0 radical (unpaired) electrons. The van der Waals surface area contributed by atoms with Crippen LogP contribution in [0.4, 0.5) is 5.69 Å². The van der Waals surface area contributed by atoms with Crippen molar-refractivity contribution in [2.75, 3.05) is 0 Å². The average molecular weight is 292 g/mol. The number of rotatable bonds is 3. The van der Waals surface area contributed by atoms with E-state index in [2.05, 4.69) is 4.98 Å². The van der Waals surface area contributed by atoms with Crippen molar-refractivity contribution in [2.24, 2.45) is 0 Å². The van der Waals surface area contributed by atoms with Crippen LogP contribution in [0.3, 0.4) is 0 Å². The van der Waals surface area contributed by atoms with Gasteiger partial charge < -0.3 is 4.57 Å². The molecule has 0 spiro atoms. The van der Waals surface area contributed by atoms with Crippen LogP contribution in [0.15, 0.2) is 24.5 Å². The van der Waals surface area contributed by atoms with Crippen LogP contribution >= 0.6 is 11.6 Å². The van der Waals surface area contributed by atoms with E-state index in [4.69, 9.17) is 11.6 Å². The maximum Gasteiger partial charge on any atom is 0.273 e. The summed E-state index contributed by atoms with van der Waals surface area (Å²) < 4.78 is 2.02. The number of aromatic nitrogens is 2. The van der Waals surface area contributed by atoms with E-state index < -0.39 is 4.92 Å². The van der Waals surface area contributed by atoms with Gasteiger partial charge >= 0.3 is 0 Å². The van der Waals surface area contributed by atoms with Gasteiger partial charge in [0, 0.05) is 23.0 Å². The van der Waals surface area contributed by atoms with E-state index in [1.165, 1.54) is 18.2 Å². The van der Waals surface area contributed by atoms with Gasteiger partial charge in [-0.15, -0.1) is 11.6 Å². The van der Waals surface area contributed by atoms with Crippen molar-refractivity contribution in [3.8, 4) is 5.69 Å². The molecule has 1 aliphatic rings. The monoisotopic (exact) mass is 291 g/mol. The Balaban J connectivity index is 2.06. The normalized spacial score (nSPS) is 14.1. The fourth-order valence-corrected chi connectivity index (χ4v) is 2.91. The SMILES string of the molecule is O=[N+]([O-])c1ccc(-n2cnc3c2CCCC3)cc1CCl. The van der Waals surface area contributed by atoms with Gasteiger partial charge in [0.15, 0.2) is 0 Å². The fourth-order valence-electron chi connectivity index (χ4n) is 2.70. The third kappa shape index (κ3) is 2.18. The quantitative estimate of drug-likeness (QED) is 0.495. The minimum atomic E-state index is -0.398. The van der Waals surface area contributed by atoms with Gasteiger partial charge in [-0.05, 0) is 37.8 Å². The molecule has 0 bridgehead atoms. The highest BCUT2D eigenvalue weighted by atomic mass is 35.5. The van der Waals surface area contributed by atoms with Crippen LogP contribution in [-0.4, -0.2) is 14.5 Å². The lowest BCUT2D eigenvalue weighted by atomic mass is 10.0. The zero-order chi connectivity index (χ0) is 14.1. The van der Waals surface area contributed by atoms with Crippen LogP contribution in [0.25, 0.3) is 5.69 Å². The number of nitro benzene ring substituents is 1. The number of aryl methyl sites for hydroxylation is 1. The van der Waals surface area contributed by atoms with Crippen molar-refractivity contribution >= 4 is 17.3 Å². The molecule has 0 saturated carbocycles. The maximum absolute atomic E-state index is 10.9. The minimum Gasteiger partial charge on any atom is -0.303 e. The number of benzene rings is 1. The summed E-state index contributed by atoms with van der Waals surface area (Å²) in [5.41, 5.74) is 3.85. The van der Waals surface area contributed by atoms with Crippen molar-refractivity contribution in [1.82, 2.24) is 9.55 Å². The Labute approximate surface area is 121 Å². The predicted molar refractivity (Wildman–Crippen MR) is 76.4 cm³/mol. The van der Waals surface area contributed by atoms with Crippen LogP contribution in [0.5, 0.6) is 0 Å². The van der Waals surface area contributed by atoms with Gasteiger partial charge in [-0.3, -0.25) is 10.1 Å². The first-order valence-corrected chi connectivity index (χ1v) is 7.13. The largest absolute Gasteiger partial charge is 0.303 e. The van der Waals surface area contributed by atoms with E-state index in [1.807, 2.05) is 4.57 Å². The first-order chi connectivity index (χ1) is 9.70. The highest BCUT2D eigenvalue weighted by Crippen LogP contribution is 2.27. The maximum atomic E-state index is 10.9. The number of nitrogens with zero attached hydrogens (tertiary/aromatic N) is 3. The van der Waals surface area contributed by atoms with E-state index in [0.717, 1.165) is 30.6 Å². The topological polar surface area (TPSA) is 61.0 Å². The predicted octanol–water partition coefficient (Wildman–Crippen LogP) is 3.40. The fraction of sp³-hybridized carbons (Fsp3) is 0.357. The third-order valence-corrected chi connectivity index (χ3v) is 4.00. The number of hydrogen-bond acceptors (Lipinski definition) is 3. The van der Waals surface area contributed by atoms with Crippen molar-refractivity contribution in [3.63, 3.8) is 0 Å². The molecular weight excluding hydrogens is 278 g/mol. The van der Waals surface area contributed by atoms with Crippen molar-refractivity contribution in [1.29, 1.82) is 0 Å². The molecule has 0 unspecified atom stereocenters. The van der Waals surface area contributed by atoms with Crippen molar-refractivity contribution in [2.45, 2.75) is 31.6 Å². The lowest BCUT2D eigenvalue weighted by Gasteiger charge is -2.14. The molecule has 104 valence electrons. The molecule has 0 atom stereocenters. The Morgan fingerprint density at radius 1 is 1.35 bits per heavy atom. The van der Waals surface area contributed by atoms with Crippen LogP contribution in [0.1, 0.15) is 29.8 Å². The van der Waals surface area contributed by atoms with Crippen molar-refractivity contribution < 1.29 is 4.92 Å². The molecular formula is C14H14ClN3O2. The molecule has 2 aromatic rings. The number of alkyl halides is 1. The lowest BCUT2D eigenvalue weighted by molar-refractivity contribution is -0.385. The molecule has 1 aliphatic carbocycles. The lowest BCUT2D eigenvalue weighted by Crippen LogP contribution is -2.07. The molecule has 3 rings (SSSR count). The number of fused-ring (bicyclic) bond motifs is 1. The summed E-state index contributed by atoms with van der Waals surface area (Å²) in [7, 11) is 0. The second-order valence-electron chi connectivity index (χ2n) is 4.92. The Hall–Kier alpha value is -1.88. The van der Waals surface area contributed by atoms with E-state index >= 15 is 0 Å². The van der Waals surface area contributed by atoms with E-state index in [0.29, 0.717) is 5.56 Å². The van der Waals surface area contributed by atoms with Crippen LogP contribution in [0, 0.1) is 10.1 Å². The summed E-state index contributed by atoms with van der Waals surface area (Å²) in [5, 5.41) is 10.9. The standard InChI is InChI=1S/C14H14ClN3O2/c15-8-10-7-11(5-6-13(10)18(19)20)17-9-16-12-3-1-2-4-14(12)17/h5-7,9H,1-4,8H2. The summed E-state index contributed by atoms with van der Waals surface area (Å²) >= 11 is 5.82. The summed E-state index contributed by atoms with van der Waals surface area (Å²) in [6, 6.07) is 5.05. The van der Waals surface area contributed by atoms with Gasteiger partial charge in [-0.1, -0.05) is 0 Å². The molecule has 6 heteroatoms. The molecule has 5 nitrogen and oxygen atoms in total. The van der Waals surface area contributed by atoms with Gasteiger partial charge in [-0.2, -0.15) is 0 Å². The third-order valence-electron chi connectivity index (χ3n) is 3.71. The molecule has 0 fully saturated rings. The number of imidazole rings is 1. The average Bonchev–Trinajstić information content (AvgIpc) is 2.90. The Kier molecular flexibility index (Phi) is 3.44. The highest BCUT2D eigenvalue weighted by Gasteiger charge is 2.18. The van der Waals surface area contributed by atoms with Crippen molar-refractivity contribution in [3.05, 3.63) is 51.6 Å². The Morgan fingerprint density at radius 3 is 2.90 bits per heavy atom. The molecule has 0 saturated heterocycles. The Morgan fingerprint density at radius 2 is 2.15 bits per heavy atom. The summed E-state index contributed by atoms with van der Waals surface area (Å²) in [6.45, 7) is 0. The van der Waals surface area contributed by atoms with Crippen LogP contribution in [-0.2, 0) is 18.7 Å².